The van der Waals surface area contributed by atoms with Gasteiger partial charge in [-0.1, -0.05) is 0 Å². The van der Waals surface area contributed by atoms with E-state index >= 15 is 0 Å². The molecule has 1 fully saturated rings. The summed E-state index contributed by atoms with van der Waals surface area (Å²) in [6.45, 7) is 3.39. The summed E-state index contributed by atoms with van der Waals surface area (Å²) in [5.74, 6) is 0. The molecule has 2 nitrogen and oxygen atoms in total. The summed E-state index contributed by atoms with van der Waals surface area (Å²) in [6, 6.07) is 1.28. The van der Waals surface area contributed by atoms with Crippen LogP contribution >= 0.6 is 0 Å². The van der Waals surface area contributed by atoms with Crippen molar-refractivity contribution in [1.29, 1.82) is 0 Å². The molecule has 1 aliphatic heterocycles. The molecule has 0 aromatic carbocycles. The van der Waals surface area contributed by atoms with Crippen molar-refractivity contribution in [2.24, 2.45) is 0 Å². The quantitative estimate of drug-likeness (QED) is 0.529. The van der Waals surface area contributed by atoms with E-state index in [1.807, 2.05) is 7.11 Å². The Balaban J connectivity index is 2.40. The molecule has 1 rings (SSSR count). The molecule has 8 heavy (non-hydrogen) atoms. The first kappa shape index (κ1) is 6.26. The van der Waals surface area contributed by atoms with Gasteiger partial charge in [0.25, 0.3) is 8.48 Å². The molecule has 0 amide bonds. The molecule has 0 bridgehead atoms. The van der Waals surface area contributed by atoms with E-state index in [4.69, 9.17) is 4.43 Å². The SMILES string of the molecule is CO[Si]1(C)CCCN1. The first-order valence-electron chi connectivity index (χ1n) is 3.07. The largest absolute Gasteiger partial charge is 0.406 e. The van der Waals surface area contributed by atoms with Crippen molar-refractivity contribution in [2.45, 2.75) is 19.0 Å². The summed E-state index contributed by atoms with van der Waals surface area (Å²) >= 11 is 0. The number of hydrogen-bond acceptors (Lipinski definition) is 2. The average Bonchev–Trinajstić information content (AvgIpc) is 2.17. The minimum atomic E-state index is -1.31. The van der Waals surface area contributed by atoms with Crippen molar-refractivity contribution in [3.63, 3.8) is 0 Å². The fourth-order valence-corrected chi connectivity index (χ4v) is 3.12. The zero-order valence-corrected chi connectivity index (χ0v) is 6.53. The minimum absolute atomic E-state index is 1.16. The van der Waals surface area contributed by atoms with E-state index in [1.165, 1.54) is 12.5 Å². The normalized spacial score (nSPS) is 38.2. The Labute approximate surface area is 51.4 Å². The van der Waals surface area contributed by atoms with Gasteiger partial charge >= 0.3 is 0 Å². The van der Waals surface area contributed by atoms with Crippen LogP contribution in [0.4, 0.5) is 0 Å². The molecule has 0 radical (unpaired) electrons. The van der Waals surface area contributed by atoms with Crippen molar-refractivity contribution in [3.8, 4) is 0 Å². The average molecular weight is 131 g/mol. The molecule has 0 aromatic heterocycles. The molecule has 0 aliphatic carbocycles. The van der Waals surface area contributed by atoms with Crippen LogP contribution in [-0.2, 0) is 4.43 Å². The molecule has 1 atom stereocenters. The third-order valence-corrected chi connectivity index (χ3v) is 4.99. The van der Waals surface area contributed by atoms with Crippen LogP contribution in [0.25, 0.3) is 0 Å². The van der Waals surface area contributed by atoms with Crippen molar-refractivity contribution in [2.75, 3.05) is 13.7 Å². The smallest absolute Gasteiger partial charge is 0.265 e. The van der Waals surface area contributed by atoms with E-state index in [1.54, 1.807) is 0 Å². The maximum absolute atomic E-state index is 5.33. The highest BCUT2D eigenvalue weighted by molar-refractivity contribution is 6.70. The highest BCUT2D eigenvalue weighted by Crippen LogP contribution is 2.14. The van der Waals surface area contributed by atoms with Crippen LogP contribution in [0, 0.1) is 0 Å². The number of rotatable bonds is 1. The Morgan fingerprint density at radius 3 is 2.62 bits per heavy atom. The van der Waals surface area contributed by atoms with Crippen LogP contribution in [0.5, 0.6) is 0 Å². The van der Waals surface area contributed by atoms with Crippen LogP contribution in [-0.4, -0.2) is 22.1 Å². The van der Waals surface area contributed by atoms with Gasteiger partial charge in [-0.2, -0.15) is 0 Å². The van der Waals surface area contributed by atoms with Crippen LogP contribution in [0.15, 0.2) is 0 Å². The topological polar surface area (TPSA) is 21.3 Å². The van der Waals surface area contributed by atoms with Crippen molar-refractivity contribution in [1.82, 2.24) is 4.98 Å². The highest BCUT2D eigenvalue weighted by Gasteiger charge is 2.31. The minimum Gasteiger partial charge on any atom is -0.406 e. The van der Waals surface area contributed by atoms with Gasteiger partial charge < -0.3 is 9.41 Å². The van der Waals surface area contributed by atoms with Crippen molar-refractivity contribution in [3.05, 3.63) is 0 Å². The lowest BCUT2D eigenvalue weighted by Gasteiger charge is -2.17. The highest BCUT2D eigenvalue weighted by atomic mass is 28.4. The second-order valence-electron chi connectivity index (χ2n) is 2.47. The first-order valence-corrected chi connectivity index (χ1v) is 5.68. The molecule has 0 spiro atoms. The Kier molecular flexibility index (Phi) is 1.70. The van der Waals surface area contributed by atoms with Gasteiger partial charge in [0.2, 0.25) is 0 Å². The predicted octanol–water partition coefficient (Wildman–Crippen LogP) is 0.698. The van der Waals surface area contributed by atoms with Crippen molar-refractivity contribution >= 4 is 8.48 Å². The van der Waals surface area contributed by atoms with Gasteiger partial charge in [0, 0.05) is 7.11 Å². The Hall–Kier alpha value is 0.137. The fraction of sp³-hybridized carbons (Fsp3) is 1.00. The lowest BCUT2D eigenvalue weighted by atomic mass is 10.5. The Morgan fingerprint density at radius 1 is 1.62 bits per heavy atom. The third kappa shape index (κ3) is 1.10. The summed E-state index contributed by atoms with van der Waals surface area (Å²) < 4.78 is 5.33. The van der Waals surface area contributed by atoms with Gasteiger partial charge in [-0.05, 0) is 25.6 Å². The molecular weight excluding hydrogens is 118 g/mol. The molecule has 1 heterocycles. The molecular formula is C5H13NOSi. The number of nitrogens with one attached hydrogen (secondary N) is 1. The standard InChI is InChI=1S/C5H13NOSi/c1-7-8(2)5-3-4-6-8/h6H,3-5H2,1-2H3. The molecule has 0 saturated carbocycles. The first-order chi connectivity index (χ1) is 3.77. The summed E-state index contributed by atoms with van der Waals surface area (Å²) in [6.07, 6.45) is 1.30. The van der Waals surface area contributed by atoms with E-state index < -0.39 is 8.48 Å². The van der Waals surface area contributed by atoms with Gasteiger partial charge in [-0.3, -0.25) is 0 Å². The summed E-state index contributed by atoms with van der Waals surface area (Å²) in [5, 5.41) is 0. The van der Waals surface area contributed by atoms with Crippen LogP contribution in [0.2, 0.25) is 12.6 Å². The molecule has 1 saturated heterocycles. The Bertz CT molecular complexity index is 80.5. The molecule has 1 aliphatic rings. The maximum Gasteiger partial charge on any atom is 0.265 e. The zero-order chi connectivity index (χ0) is 6.04. The molecule has 0 aromatic rings. The molecule has 3 heteroatoms. The second kappa shape index (κ2) is 2.17. The Morgan fingerprint density at radius 2 is 2.38 bits per heavy atom. The van der Waals surface area contributed by atoms with Gasteiger partial charge in [-0.15, -0.1) is 0 Å². The van der Waals surface area contributed by atoms with E-state index in [-0.39, 0.29) is 0 Å². The summed E-state index contributed by atoms with van der Waals surface area (Å²) in [7, 11) is 0.500. The number of hydrogen-bond donors (Lipinski definition) is 1. The van der Waals surface area contributed by atoms with Gasteiger partial charge in [-0.25, -0.2) is 0 Å². The van der Waals surface area contributed by atoms with Gasteiger partial charge in [0.05, 0.1) is 0 Å². The monoisotopic (exact) mass is 131 g/mol. The van der Waals surface area contributed by atoms with E-state index in [0.29, 0.717) is 0 Å². The third-order valence-electron chi connectivity index (χ3n) is 1.78. The second-order valence-corrected chi connectivity index (χ2v) is 6.19. The van der Waals surface area contributed by atoms with Crippen LogP contribution < -0.4 is 4.98 Å². The lowest BCUT2D eigenvalue weighted by molar-refractivity contribution is 0.394. The summed E-state index contributed by atoms with van der Waals surface area (Å²) in [5.41, 5.74) is 0. The van der Waals surface area contributed by atoms with E-state index in [9.17, 15) is 0 Å². The van der Waals surface area contributed by atoms with E-state index in [0.717, 1.165) is 6.54 Å². The van der Waals surface area contributed by atoms with Crippen molar-refractivity contribution < 1.29 is 4.43 Å². The fourth-order valence-electron chi connectivity index (χ4n) is 1.04. The van der Waals surface area contributed by atoms with Crippen LogP contribution in [0.3, 0.4) is 0 Å². The van der Waals surface area contributed by atoms with Crippen LogP contribution in [0.1, 0.15) is 6.42 Å². The maximum atomic E-state index is 5.33. The molecule has 1 N–H and O–H groups in total. The molecule has 1 unspecified atom stereocenters. The summed E-state index contributed by atoms with van der Waals surface area (Å²) in [4.78, 5) is 3.40. The molecule has 48 valence electrons. The van der Waals surface area contributed by atoms with Gasteiger partial charge in [0.1, 0.15) is 0 Å². The lowest BCUT2D eigenvalue weighted by Crippen LogP contribution is -2.44. The van der Waals surface area contributed by atoms with E-state index in [2.05, 4.69) is 11.5 Å². The zero-order valence-electron chi connectivity index (χ0n) is 5.53. The van der Waals surface area contributed by atoms with Gasteiger partial charge in [0.15, 0.2) is 0 Å². The predicted molar refractivity (Wildman–Crippen MR) is 36.1 cm³/mol.